The fourth-order valence-electron chi connectivity index (χ4n) is 1.62. The van der Waals surface area contributed by atoms with E-state index in [4.69, 9.17) is 16.3 Å². The van der Waals surface area contributed by atoms with Gasteiger partial charge in [0.25, 0.3) is 0 Å². The van der Waals surface area contributed by atoms with Crippen LogP contribution in [0.3, 0.4) is 0 Å². The van der Waals surface area contributed by atoms with Gasteiger partial charge in [0, 0.05) is 28.3 Å². The highest BCUT2D eigenvalue weighted by Gasteiger charge is 2.04. The fraction of sp³-hybridized carbons (Fsp3) is 0.214. The molecule has 1 N–H and O–H groups in total. The van der Waals surface area contributed by atoms with Crippen LogP contribution in [-0.4, -0.2) is 12.1 Å². The van der Waals surface area contributed by atoms with Crippen molar-refractivity contribution in [3.63, 3.8) is 0 Å². The number of methoxy groups -OCH3 is 1. The molecule has 0 atom stereocenters. The summed E-state index contributed by atoms with van der Waals surface area (Å²) < 4.78 is 6.02. The molecule has 0 aliphatic carbocycles. The van der Waals surface area contributed by atoms with Crippen LogP contribution in [0.1, 0.15) is 11.1 Å². The van der Waals surface area contributed by atoms with Gasteiger partial charge in [0.2, 0.25) is 5.88 Å². The zero-order valence-corrected chi connectivity index (χ0v) is 13.0. The Morgan fingerprint density at radius 2 is 2.16 bits per heavy atom. The quantitative estimate of drug-likeness (QED) is 0.893. The predicted molar refractivity (Wildman–Crippen MR) is 82.0 cm³/mol. The van der Waals surface area contributed by atoms with Gasteiger partial charge in [-0.1, -0.05) is 17.7 Å². The number of halogens is 2. The lowest BCUT2D eigenvalue weighted by molar-refractivity contribution is 0.397. The summed E-state index contributed by atoms with van der Waals surface area (Å²) in [5.74, 6) is 0.614. The van der Waals surface area contributed by atoms with Gasteiger partial charge in [-0.2, -0.15) is 0 Å². The molecule has 0 aliphatic heterocycles. The molecule has 1 aromatic heterocycles. The number of rotatable bonds is 4. The number of pyridine rings is 1. The second-order valence-electron chi connectivity index (χ2n) is 4.14. The summed E-state index contributed by atoms with van der Waals surface area (Å²) in [6, 6.07) is 7.73. The fourth-order valence-corrected chi connectivity index (χ4v) is 2.38. The molecule has 0 fully saturated rings. The van der Waals surface area contributed by atoms with Gasteiger partial charge in [0.05, 0.1) is 12.8 Å². The highest BCUT2D eigenvalue weighted by Crippen LogP contribution is 2.29. The van der Waals surface area contributed by atoms with Crippen LogP contribution in [0.4, 0.5) is 5.69 Å². The summed E-state index contributed by atoms with van der Waals surface area (Å²) in [7, 11) is 1.60. The third-order valence-electron chi connectivity index (χ3n) is 2.74. The minimum atomic E-state index is 0.614. The minimum Gasteiger partial charge on any atom is -0.481 e. The summed E-state index contributed by atoms with van der Waals surface area (Å²) in [6.45, 7) is 2.65. The highest BCUT2D eigenvalue weighted by molar-refractivity contribution is 9.10. The van der Waals surface area contributed by atoms with E-state index in [2.05, 4.69) is 26.2 Å². The third kappa shape index (κ3) is 3.61. The van der Waals surface area contributed by atoms with Crippen LogP contribution in [0.2, 0.25) is 5.02 Å². The molecule has 2 aromatic rings. The monoisotopic (exact) mass is 340 g/mol. The average Bonchev–Trinajstić information content (AvgIpc) is 2.42. The average molecular weight is 342 g/mol. The molecule has 5 heteroatoms. The molecule has 0 radical (unpaired) electrons. The van der Waals surface area contributed by atoms with Gasteiger partial charge < -0.3 is 10.1 Å². The number of anilines is 1. The van der Waals surface area contributed by atoms with Crippen molar-refractivity contribution in [2.45, 2.75) is 13.5 Å². The zero-order chi connectivity index (χ0) is 13.8. The van der Waals surface area contributed by atoms with Crippen LogP contribution < -0.4 is 10.1 Å². The molecule has 19 heavy (non-hydrogen) atoms. The van der Waals surface area contributed by atoms with Crippen molar-refractivity contribution in [3.8, 4) is 5.88 Å². The van der Waals surface area contributed by atoms with E-state index in [9.17, 15) is 0 Å². The van der Waals surface area contributed by atoms with E-state index in [0.29, 0.717) is 12.4 Å². The predicted octanol–water partition coefficient (Wildman–Crippen LogP) is 4.43. The van der Waals surface area contributed by atoms with E-state index in [-0.39, 0.29) is 0 Å². The molecular formula is C14H14BrClN2O. The van der Waals surface area contributed by atoms with E-state index in [1.165, 1.54) is 0 Å². The molecule has 0 saturated carbocycles. The van der Waals surface area contributed by atoms with Crippen LogP contribution >= 0.6 is 27.5 Å². The molecule has 0 unspecified atom stereocenters. The van der Waals surface area contributed by atoms with Crippen LogP contribution in [-0.2, 0) is 6.54 Å². The number of nitrogens with one attached hydrogen (secondary N) is 1. The number of hydrogen-bond donors (Lipinski definition) is 1. The maximum atomic E-state index is 6.12. The largest absolute Gasteiger partial charge is 0.481 e. The molecule has 0 spiro atoms. The van der Waals surface area contributed by atoms with Crippen molar-refractivity contribution in [2.24, 2.45) is 0 Å². The first-order valence-corrected chi connectivity index (χ1v) is 6.95. The summed E-state index contributed by atoms with van der Waals surface area (Å²) in [4.78, 5) is 4.16. The third-order valence-corrected chi connectivity index (χ3v) is 3.80. The van der Waals surface area contributed by atoms with E-state index >= 15 is 0 Å². The SMILES string of the molecule is COc1ccc(CNc2cc(Cl)c(C)cc2Br)cn1. The van der Waals surface area contributed by atoms with Gasteiger partial charge in [-0.05, 0) is 46.1 Å². The highest BCUT2D eigenvalue weighted by atomic mass is 79.9. The summed E-state index contributed by atoms with van der Waals surface area (Å²) in [6.07, 6.45) is 1.79. The first kappa shape index (κ1) is 14.2. The second kappa shape index (κ2) is 6.26. The molecule has 1 aromatic carbocycles. The van der Waals surface area contributed by atoms with Gasteiger partial charge in [0.15, 0.2) is 0 Å². The lowest BCUT2D eigenvalue weighted by atomic mass is 10.2. The molecule has 3 nitrogen and oxygen atoms in total. The number of nitrogens with zero attached hydrogens (tertiary/aromatic N) is 1. The lowest BCUT2D eigenvalue weighted by Crippen LogP contribution is -2.01. The Bertz CT molecular complexity index is 572. The van der Waals surface area contributed by atoms with Gasteiger partial charge in [-0.3, -0.25) is 0 Å². The maximum absolute atomic E-state index is 6.12. The second-order valence-corrected chi connectivity index (χ2v) is 5.41. The maximum Gasteiger partial charge on any atom is 0.212 e. The minimum absolute atomic E-state index is 0.614. The molecule has 0 bridgehead atoms. The smallest absolute Gasteiger partial charge is 0.212 e. The standard InChI is InChI=1S/C14H14BrClN2O/c1-9-5-11(15)13(6-12(9)16)17-7-10-3-4-14(19-2)18-8-10/h3-6,8,17H,7H2,1-2H3. The Morgan fingerprint density at radius 1 is 1.37 bits per heavy atom. The van der Waals surface area contributed by atoms with E-state index < -0.39 is 0 Å². The number of benzene rings is 1. The topological polar surface area (TPSA) is 34.1 Å². The normalized spacial score (nSPS) is 10.3. The van der Waals surface area contributed by atoms with Crippen molar-refractivity contribution in [2.75, 3.05) is 12.4 Å². The van der Waals surface area contributed by atoms with E-state index in [1.807, 2.05) is 31.2 Å². The molecule has 100 valence electrons. The van der Waals surface area contributed by atoms with Gasteiger partial charge in [-0.15, -0.1) is 0 Å². The Labute approximate surface area is 126 Å². The van der Waals surface area contributed by atoms with Gasteiger partial charge >= 0.3 is 0 Å². The van der Waals surface area contributed by atoms with E-state index in [1.54, 1.807) is 13.3 Å². The van der Waals surface area contributed by atoms with Gasteiger partial charge in [0.1, 0.15) is 0 Å². The number of hydrogen-bond acceptors (Lipinski definition) is 3. The Morgan fingerprint density at radius 3 is 2.79 bits per heavy atom. The summed E-state index contributed by atoms with van der Waals surface area (Å²) in [5, 5.41) is 4.07. The lowest BCUT2D eigenvalue weighted by Gasteiger charge is -2.10. The molecule has 2 rings (SSSR count). The van der Waals surface area contributed by atoms with Crippen molar-refractivity contribution >= 4 is 33.2 Å². The van der Waals surface area contributed by atoms with Gasteiger partial charge in [-0.25, -0.2) is 4.98 Å². The molecule has 0 aliphatic rings. The van der Waals surface area contributed by atoms with Crippen molar-refractivity contribution < 1.29 is 4.74 Å². The number of ether oxygens (including phenoxy) is 1. The van der Waals surface area contributed by atoms with E-state index in [0.717, 1.165) is 26.3 Å². The summed E-state index contributed by atoms with van der Waals surface area (Å²) >= 11 is 9.64. The Balaban J connectivity index is 2.07. The Kier molecular flexibility index (Phi) is 4.66. The van der Waals surface area contributed by atoms with Crippen molar-refractivity contribution in [1.82, 2.24) is 4.98 Å². The van der Waals surface area contributed by atoms with Crippen LogP contribution in [0.5, 0.6) is 5.88 Å². The Hall–Kier alpha value is -1.26. The van der Waals surface area contributed by atoms with Crippen LogP contribution in [0.25, 0.3) is 0 Å². The summed E-state index contributed by atoms with van der Waals surface area (Å²) in [5.41, 5.74) is 3.08. The molecule has 1 heterocycles. The molecule has 0 saturated heterocycles. The molecule has 0 amide bonds. The van der Waals surface area contributed by atoms with Crippen molar-refractivity contribution in [3.05, 3.63) is 51.1 Å². The van der Waals surface area contributed by atoms with Crippen LogP contribution in [0, 0.1) is 6.92 Å². The molecular weight excluding hydrogens is 328 g/mol. The first-order chi connectivity index (χ1) is 9.10. The number of aromatic nitrogens is 1. The zero-order valence-electron chi connectivity index (χ0n) is 10.7. The number of aryl methyl sites for hydroxylation is 1. The van der Waals surface area contributed by atoms with Crippen LogP contribution in [0.15, 0.2) is 34.9 Å². The first-order valence-electron chi connectivity index (χ1n) is 5.78. The van der Waals surface area contributed by atoms with Crippen molar-refractivity contribution in [1.29, 1.82) is 0 Å².